The maximum atomic E-state index is 12.3. The van der Waals surface area contributed by atoms with Crippen molar-refractivity contribution in [1.29, 1.82) is 0 Å². The van der Waals surface area contributed by atoms with E-state index in [1.165, 1.54) is 0 Å². The summed E-state index contributed by atoms with van der Waals surface area (Å²) in [5.74, 6) is -0.113. The van der Waals surface area contributed by atoms with E-state index >= 15 is 0 Å². The fourth-order valence-electron chi connectivity index (χ4n) is 2.35. The predicted molar refractivity (Wildman–Crippen MR) is 102 cm³/mol. The molecule has 2 rings (SSSR count). The quantitative estimate of drug-likeness (QED) is 0.651. The highest BCUT2D eigenvalue weighted by Crippen LogP contribution is 2.26. The molecule has 128 valence electrons. The third-order valence-electron chi connectivity index (χ3n) is 3.37. The molecule has 0 atom stereocenters. The van der Waals surface area contributed by atoms with Crippen LogP contribution in [-0.4, -0.2) is 31.0 Å². The molecular formula is C17H17Cl4N2O+. The van der Waals surface area contributed by atoms with E-state index in [0.717, 1.165) is 5.56 Å². The second-order valence-electron chi connectivity index (χ2n) is 6.18. The van der Waals surface area contributed by atoms with Crippen molar-refractivity contribution in [2.75, 3.05) is 26.0 Å². The average molecular weight is 407 g/mol. The highest BCUT2D eigenvalue weighted by molar-refractivity contribution is 6.42. The first-order chi connectivity index (χ1) is 11.2. The van der Waals surface area contributed by atoms with Gasteiger partial charge in [-0.15, -0.1) is 0 Å². The van der Waals surface area contributed by atoms with Crippen LogP contribution in [0.25, 0.3) is 0 Å². The first-order valence-corrected chi connectivity index (χ1v) is 8.68. The van der Waals surface area contributed by atoms with Crippen LogP contribution >= 0.6 is 46.4 Å². The number of halogens is 4. The summed E-state index contributed by atoms with van der Waals surface area (Å²) in [6, 6.07) is 10.5. The Hall–Kier alpha value is -0.970. The number of likely N-dealkylation sites (N-methyl/N-ethyl adjacent to an activating group) is 1. The van der Waals surface area contributed by atoms with Crippen LogP contribution in [0.1, 0.15) is 5.56 Å². The molecule has 0 aromatic heterocycles. The predicted octanol–water partition coefficient (Wildman–Crippen LogP) is 5.52. The average Bonchev–Trinajstić information content (AvgIpc) is 2.46. The second kappa shape index (κ2) is 7.94. The molecule has 1 N–H and O–H groups in total. The van der Waals surface area contributed by atoms with Crippen LogP contribution in [0.3, 0.4) is 0 Å². The van der Waals surface area contributed by atoms with E-state index in [1.807, 2.05) is 26.2 Å². The fraction of sp³-hybridized carbons (Fsp3) is 0.235. The van der Waals surface area contributed by atoms with Gasteiger partial charge in [0, 0.05) is 11.3 Å². The largest absolute Gasteiger partial charge is 0.321 e. The summed E-state index contributed by atoms with van der Waals surface area (Å²) in [7, 11) is 3.94. The van der Waals surface area contributed by atoms with Gasteiger partial charge in [0.2, 0.25) is 0 Å². The number of carbonyl (C=O) groups excluding carboxylic acids is 1. The summed E-state index contributed by atoms with van der Waals surface area (Å²) < 4.78 is 0.463. The lowest BCUT2D eigenvalue weighted by molar-refractivity contribution is -0.895. The van der Waals surface area contributed by atoms with Gasteiger partial charge in [-0.05, 0) is 30.3 Å². The first kappa shape index (κ1) is 19.4. The number of hydrogen-bond donors (Lipinski definition) is 1. The maximum Gasteiger partial charge on any atom is 0.279 e. The van der Waals surface area contributed by atoms with Crippen molar-refractivity contribution in [3.8, 4) is 0 Å². The number of nitrogens with one attached hydrogen (secondary N) is 1. The topological polar surface area (TPSA) is 29.1 Å². The Balaban J connectivity index is 2.00. The van der Waals surface area contributed by atoms with Gasteiger partial charge in [-0.3, -0.25) is 4.79 Å². The van der Waals surface area contributed by atoms with Gasteiger partial charge in [0.25, 0.3) is 5.91 Å². The molecule has 0 aliphatic carbocycles. The van der Waals surface area contributed by atoms with Crippen molar-refractivity contribution in [3.05, 3.63) is 62.1 Å². The van der Waals surface area contributed by atoms with Crippen molar-refractivity contribution < 1.29 is 9.28 Å². The number of nitrogens with zero attached hydrogens (tertiary/aromatic N) is 1. The van der Waals surface area contributed by atoms with Crippen molar-refractivity contribution in [3.63, 3.8) is 0 Å². The van der Waals surface area contributed by atoms with E-state index in [-0.39, 0.29) is 5.91 Å². The molecule has 2 aromatic rings. The highest BCUT2D eigenvalue weighted by Gasteiger charge is 2.21. The Bertz CT molecular complexity index is 762. The molecule has 0 saturated heterocycles. The van der Waals surface area contributed by atoms with Crippen LogP contribution in [0.4, 0.5) is 5.69 Å². The van der Waals surface area contributed by atoms with E-state index in [9.17, 15) is 4.79 Å². The summed E-state index contributed by atoms with van der Waals surface area (Å²) >= 11 is 23.8. The number of carbonyl (C=O) groups is 1. The molecule has 0 aliphatic rings. The zero-order chi connectivity index (χ0) is 17.9. The molecule has 0 heterocycles. The smallest absolute Gasteiger partial charge is 0.279 e. The summed E-state index contributed by atoms with van der Waals surface area (Å²) in [6.07, 6.45) is 0. The van der Waals surface area contributed by atoms with E-state index in [2.05, 4.69) is 5.32 Å². The van der Waals surface area contributed by atoms with Crippen molar-refractivity contribution in [2.24, 2.45) is 0 Å². The minimum Gasteiger partial charge on any atom is -0.321 e. The molecule has 0 aliphatic heterocycles. The summed E-state index contributed by atoms with van der Waals surface area (Å²) in [5.41, 5.74) is 1.63. The van der Waals surface area contributed by atoms with Gasteiger partial charge >= 0.3 is 0 Å². The Labute approximate surface area is 161 Å². The van der Waals surface area contributed by atoms with Gasteiger partial charge in [-0.1, -0.05) is 52.5 Å². The van der Waals surface area contributed by atoms with Gasteiger partial charge in [-0.25, -0.2) is 0 Å². The van der Waals surface area contributed by atoms with Crippen molar-refractivity contribution in [1.82, 2.24) is 0 Å². The Morgan fingerprint density at radius 3 is 2.08 bits per heavy atom. The lowest BCUT2D eigenvalue weighted by atomic mass is 10.2. The first-order valence-electron chi connectivity index (χ1n) is 7.17. The van der Waals surface area contributed by atoms with E-state index < -0.39 is 0 Å². The highest BCUT2D eigenvalue weighted by atomic mass is 35.5. The summed E-state index contributed by atoms with van der Waals surface area (Å²) in [6.45, 7) is 0.937. The molecule has 0 unspecified atom stereocenters. The Morgan fingerprint density at radius 1 is 0.917 bits per heavy atom. The van der Waals surface area contributed by atoms with Crippen molar-refractivity contribution in [2.45, 2.75) is 6.54 Å². The molecular weight excluding hydrogens is 390 g/mol. The minimum atomic E-state index is -0.113. The van der Waals surface area contributed by atoms with Gasteiger partial charge < -0.3 is 9.80 Å². The minimum absolute atomic E-state index is 0.113. The Kier molecular flexibility index (Phi) is 6.40. The molecule has 2 aromatic carbocycles. The van der Waals surface area contributed by atoms with Gasteiger partial charge in [0.1, 0.15) is 6.54 Å². The van der Waals surface area contributed by atoms with Crippen LogP contribution in [-0.2, 0) is 11.3 Å². The Morgan fingerprint density at radius 2 is 1.50 bits per heavy atom. The lowest BCUT2D eigenvalue weighted by Gasteiger charge is -2.29. The van der Waals surface area contributed by atoms with Crippen LogP contribution in [0.5, 0.6) is 0 Å². The van der Waals surface area contributed by atoms with Crippen LogP contribution in [0, 0.1) is 0 Å². The number of anilines is 1. The van der Waals surface area contributed by atoms with Crippen LogP contribution < -0.4 is 5.32 Å². The molecule has 0 saturated carbocycles. The molecule has 0 fully saturated rings. The lowest BCUT2D eigenvalue weighted by Crippen LogP contribution is -2.44. The van der Waals surface area contributed by atoms with Gasteiger partial charge in [0.05, 0.1) is 34.2 Å². The normalized spacial score (nSPS) is 11.4. The molecule has 0 spiro atoms. The summed E-state index contributed by atoms with van der Waals surface area (Å²) in [4.78, 5) is 12.3. The zero-order valence-electron chi connectivity index (χ0n) is 13.2. The molecule has 24 heavy (non-hydrogen) atoms. The van der Waals surface area contributed by atoms with Crippen molar-refractivity contribution >= 4 is 58.0 Å². The molecule has 3 nitrogen and oxygen atoms in total. The second-order valence-corrected chi connectivity index (χ2v) is 7.81. The van der Waals surface area contributed by atoms with E-state index in [1.54, 1.807) is 24.3 Å². The number of hydrogen-bond acceptors (Lipinski definition) is 1. The maximum absolute atomic E-state index is 12.3. The third-order valence-corrected chi connectivity index (χ3v) is 4.85. The van der Waals surface area contributed by atoms with E-state index in [0.29, 0.717) is 43.4 Å². The molecule has 7 heteroatoms. The molecule has 0 radical (unpaired) electrons. The number of benzene rings is 2. The summed E-state index contributed by atoms with van der Waals surface area (Å²) in [5, 5.41) is 4.70. The van der Waals surface area contributed by atoms with E-state index in [4.69, 9.17) is 46.4 Å². The fourth-order valence-corrected chi connectivity index (χ4v) is 2.97. The zero-order valence-corrected chi connectivity index (χ0v) is 16.3. The van der Waals surface area contributed by atoms with Crippen LogP contribution in [0.15, 0.2) is 36.4 Å². The van der Waals surface area contributed by atoms with Crippen LogP contribution in [0.2, 0.25) is 20.1 Å². The number of rotatable bonds is 5. The third kappa shape index (κ3) is 5.54. The molecule has 0 bridgehead atoms. The standard InChI is InChI=1S/C17H16Cl4N2O/c1-23(2,9-11-3-5-13(18)15(20)7-11)10-17(24)22-12-4-6-14(19)16(21)8-12/h3-8H,9-10H2,1-2H3/p+1. The number of amides is 1. The van der Waals surface area contributed by atoms with Gasteiger partial charge in [0.15, 0.2) is 6.54 Å². The van der Waals surface area contributed by atoms with Gasteiger partial charge in [-0.2, -0.15) is 0 Å². The molecule has 1 amide bonds. The SMILES string of the molecule is C[N+](C)(CC(=O)Nc1ccc(Cl)c(Cl)c1)Cc1ccc(Cl)c(Cl)c1. The monoisotopic (exact) mass is 405 g/mol. The number of quaternary nitrogens is 1.